The molecule has 0 aromatic carbocycles. The molecule has 3 heteroatoms. The van der Waals surface area contributed by atoms with E-state index in [-0.39, 0.29) is 5.92 Å². The van der Waals surface area contributed by atoms with Gasteiger partial charge in [-0.2, -0.15) is 0 Å². The second kappa shape index (κ2) is 4.86. The molecule has 1 amide bonds. The van der Waals surface area contributed by atoms with Crippen LogP contribution in [-0.2, 0) is 17.6 Å². The molecule has 2 heterocycles. The Labute approximate surface area is 150 Å². The first-order valence-electron chi connectivity index (χ1n) is 10.3. The van der Waals surface area contributed by atoms with Gasteiger partial charge in [-0.1, -0.05) is 6.92 Å². The summed E-state index contributed by atoms with van der Waals surface area (Å²) >= 11 is 0. The molecule has 1 saturated heterocycles. The van der Waals surface area contributed by atoms with Gasteiger partial charge >= 0.3 is 0 Å². The van der Waals surface area contributed by atoms with Crippen LogP contribution in [0.25, 0.3) is 0 Å². The lowest BCUT2D eigenvalue weighted by Gasteiger charge is -2.61. The molecule has 5 aliphatic carbocycles. The van der Waals surface area contributed by atoms with Crippen LogP contribution in [0, 0.1) is 35.0 Å². The van der Waals surface area contributed by atoms with Crippen molar-refractivity contribution in [3.8, 4) is 0 Å². The molecule has 1 aromatic heterocycles. The maximum Gasteiger partial charge on any atom is 0.226 e. The van der Waals surface area contributed by atoms with Crippen molar-refractivity contribution in [1.82, 2.24) is 9.88 Å². The average Bonchev–Trinajstić information content (AvgIpc) is 2.87. The van der Waals surface area contributed by atoms with Gasteiger partial charge in [0.05, 0.1) is 0 Å². The fourth-order valence-electron chi connectivity index (χ4n) is 7.89. The Morgan fingerprint density at radius 3 is 2.64 bits per heavy atom. The summed E-state index contributed by atoms with van der Waals surface area (Å²) in [6, 6.07) is 2.73. The second-order valence-electron chi connectivity index (χ2n) is 10.2. The van der Waals surface area contributed by atoms with E-state index in [1.165, 1.54) is 43.2 Å². The third kappa shape index (κ3) is 2.04. The van der Waals surface area contributed by atoms with Gasteiger partial charge in [-0.05, 0) is 91.2 Å². The third-order valence-electron chi connectivity index (χ3n) is 8.42. The Bertz CT molecular complexity index is 727. The lowest BCUT2D eigenvalue weighted by Crippen LogP contribution is -2.59. The molecular weight excluding hydrogens is 308 g/mol. The normalized spacial score (nSPS) is 47.1. The smallest absolute Gasteiger partial charge is 0.226 e. The number of likely N-dealkylation sites (tertiary alicyclic amines) is 1. The van der Waals surface area contributed by atoms with Crippen molar-refractivity contribution in [3.05, 3.63) is 29.6 Å². The van der Waals surface area contributed by atoms with E-state index in [2.05, 4.69) is 22.9 Å². The molecule has 132 valence electrons. The number of pyridine rings is 1. The Morgan fingerprint density at radius 2 is 1.88 bits per heavy atom. The molecule has 1 aliphatic heterocycles. The van der Waals surface area contributed by atoms with Crippen molar-refractivity contribution < 1.29 is 4.79 Å². The van der Waals surface area contributed by atoms with Crippen LogP contribution < -0.4 is 0 Å². The van der Waals surface area contributed by atoms with Crippen LogP contribution in [0.4, 0.5) is 0 Å². The predicted octanol–water partition coefficient (Wildman–Crippen LogP) is 3.47. The first kappa shape index (κ1) is 14.8. The lowest BCUT2D eigenvalue weighted by molar-refractivity contribution is -0.147. The number of amides is 1. The largest absolute Gasteiger partial charge is 0.339 e. The van der Waals surface area contributed by atoms with E-state index in [1.807, 2.05) is 12.4 Å². The van der Waals surface area contributed by atoms with Crippen LogP contribution in [0.3, 0.4) is 0 Å². The van der Waals surface area contributed by atoms with Crippen LogP contribution in [0.2, 0.25) is 0 Å². The van der Waals surface area contributed by atoms with E-state index in [0.717, 1.165) is 37.1 Å². The molecule has 4 saturated carbocycles. The number of rotatable bonds is 1. The van der Waals surface area contributed by atoms with Crippen molar-refractivity contribution in [2.75, 3.05) is 6.54 Å². The average molecular weight is 336 g/mol. The Kier molecular flexibility index (Phi) is 2.87. The maximum absolute atomic E-state index is 13.4. The SMILES string of the molecule is C[C@@]12CC3C[C@H](C1)[C@H](N1C[C@@H]4Cc5ccncc5C[C@@H]4C1=O)[C@@H](C3)C2. The first-order chi connectivity index (χ1) is 12.1. The standard InChI is InChI=1S/C22H28N2O/c1-22-8-13-4-15(9-22)20(16(5-13)10-22)24-12-18-6-14-2-3-23-11-17(14)7-19(18)21(24)25/h2-3,11,13,15-16,18-20H,4-10,12H2,1H3/t13?,15-,16+,18-,19-,20+,22-/m0/s1. The summed E-state index contributed by atoms with van der Waals surface area (Å²) in [5, 5.41) is 0. The monoisotopic (exact) mass is 336 g/mol. The third-order valence-corrected chi connectivity index (χ3v) is 8.42. The number of carbonyl (C=O) groups is 1. The van der Waals surface area contributed by atoms with Gasteiger partial charge in [-0.15, -0.1) is 0 Å². The minimum absolute atomic E-state index is 0.226. The molecule has 5 fully saturated rings. The van der Waals surface area contributed by atoms with Gasteiger partial charge in [0.1, 0.15) is 0 Å². The molecule has 3 nitrogen and oxygen atoms in total. The summed E-state index contributed by atoms with van der Waals surface area (Å²) in [7, 11) is 0. The number of carbonyl (C=O) groups excluding carboxylic acids is 1. The van der Waals surface area contributed by atoms with Gasteiger partial charge in [0.15, 0.2) is 0 Å². The Morgan fingerprint density at radius 1 is 1.08 bits per heavy atom. The van der Waals surface area contributed by atoms with E-state index in [1.54, 1.807) is 0 Å². The molecule has 7 rings (SSSR count). The molecule has 0 spiro atoms. The molecular formula is C22H28N2O. The van der Waals surface area contributed by atoms with E-state index in [4.69, 9.17) is 0 Å². The summed E-state index contributed by atoms with van der Waals surface area (Å²) in [5.74, 6) is 3.75. The molecule has 4 bridgehead atoms. The van der Waals surface area contributed by atoms with Gasteiger partial charge in [-0.25, -0.2) is 0 Å². The zero-order valence-electron chi connectivity index (χ0n) is 15.2. The maximum atomic E-state index is 13.4. The fraction of sp³-hybridized carbons (Fsp3) is 0.727. The van der Waals surface area contributed by atoms with Crippen molar-refractivity contribution in [1.29, 1.82) is 0 Å². The quantitative estimate of drug-likeness (QED) is 0.787. The molecule has 25 heavy (non-hydrogen) atoms. The molecule has 1 aromatic rings. The van der Waals surface area contributed by atoms with Gasteiger partial charge < -0.3 is 4.90 Å². The van der Waals surface area contributed by atoms with Crippen molar-refractivity contribution in [2.24, 2.45) is 35.0 Å². The van der Waals surface area contributed by atoms with Crippen LogP contribution in [0.15, 0.2) is 18.5 Å². The fourth-order valence-corrected chi connectivity index (χ4v) is 7.89. The second-order valence-corrected chi connectivity index (χ2v) is 10.2. The van der Waals surface area contributed by atoms with Crippen LogP contribution in [0.1, 0.15) is 50.2 Å². The van der Waals surface area contributed by atoms with E-state index < -0.39 is 0 Å². The van der Waals surface area contributed by atoms with Crippen molar-refractivity contribution in [2.45, 2.75) is 57.9 Å². The molecule has 0 radical (unpaired) electrons. The lowest BCUT2D eigenvalue weighted by atomic mass is 9.48. The van der Waals surface area contributed by atoms with Gasteiger partial charge in [0.2, 0.25) is 5.91 Å². The van der Waals surface area contributed by atoms with Crippen molar-refractivity contribution >= 4 is 5.91 Å². The Balaban J connectivity index is 1.29. The highest BCUT2D eigenvalue weighted by atomic mass is 16.2. The zero-order chi connectivity index (χ0) is 16.8. The number of aromatic nitrogens is 1. The minimum atomic E-state index is 0.226. The van der Waals surface area contributed by atoms with Crippen LogP contribution >= 0.6 is 0 Å². The summed E-state index contributed by atoms with van der Waals surface area (Å²) in [5.41, 5.74) is 3.34. The molecule has 1 unspecified atom stereocenters. The summed E-state index contributed by atoms with van der Waals surface area (Å²) in [6.45, 7) is 3.54. The topological polar surface area (TPSA) is 33.2 Å². The molecule has 0 N–H and O–H groups in total. The van der Waals surface area contributed by atoms with Crippen LogP contribution in [-0.4, -0.2) is 28.4 Å². The highest BCUT2D eigenvalue weighted by molar-refractivity contribution is 5.82. The summed E-state index contributed by atoms with van der Waals surface area (Å²) in [4.78, 5) is 20.0. The van der Waals surface area contributed by atoms with Crippen LogP contribution in [0.5, 0.6) is 0 Å². The first-order valence-corrected chi connectivity index (χ1v) is 10.3. The van der Waals surface area contributed by atoms with Crippen molar-refractivity contribution in [3.63, 3.8) is 0 Å². The number of fused-ring (bicyclic) bond motifs is 2. The zero-order valence-corrected chi connectivity index (χ0v) is 15.2. The highest BCUT2D eigenvalue weighted by Crippen LogP contribution is 2.61. The van der Waals surface area contributed by atoms with E-state index in [0.29, 0.717) is 23.3 Å². The number of hydrogen-bond donors (Lipinski definition) is 0. The molecule has 7 atom stereocenters. The van der Waals surface area contributed by atoms with Gasteiger partial charge in [-0.3, -0.25) is 9.78 Å². The minimum Gasteiger partial charge on any atom is -0.339 e. The molecule has 6 aliphatic rings. The van der Waals surface area contributed by atoms with Gasteiger partial charge in [0, 0.05) is 30.9 Å². The predicted molar refractivity (Wildman–Crippen MR) is 95.8 cm³/mol. The van der Waals surface area contributed by atoms with E-state index in [9.17, 15) is 4.79 Å². The number of hydrogen-bond acceptors (Lipinski definition) is 2. The number of nitrogens with zero attached hydrogens (tertiary/aromatic N) is 2. The summed E-state index contributed by atoms with van der Waals surface area (Å²) in [6.07, 6.45) is 12.9. The highest BCUT2D eigenvalue weighted by Gasteiger charge is 2.57. The summed E-state index contributed by atoms with van der Waals surface area (Å²) < 4.78 is 0. The van der Waals surface area contributed by atoms with E-state index >= 15 is 0 Å². The van der Waals surface area contributed by atoms with Gasteiger partial charge in [0.25, 0.3) is 0 Å². The Hall–Kier alpha value is -1.38.